The summed E-state index contributed by atoms with van der Waals surface area (Å²) in [7, 11) is 0. The third-order valence-corrected chi connectivity index (χ3v) is 3.57. The summed E-state index contributed by atoms with van der Waals surface area (Å²) in [4.78, 5) is 0. The van der Waals surface area contributed by atoms with Gasteiger partial charge in [0.15, 0.2) is 0 Å². The van der Waals surface area contributed by atoms with Crippen molar-refractivity contribution in [1.29, 1.82) is 0 Å². The second-order valence-electron chi connectivity index (χ2n) is 5.47. The zero-order valence-corrected chi connectivity index (χ0v) is 14.9. The van der Waals surface area contributed by atoms with Crippen molar-refractivity contribution in [3.05, 3.63) is 151 Å². The van der Waals surface area contributed by atoms with Gasteiger partial charge in [-0.3, -0.25) is 0 Å². The van der Waals surface area contributed by atoms with Gasteiger partial charge in [-0.25, -0.2) is 0 Å². The Labute approximate surface area is 157 Å². The van der Waals surface area contributed by atoms with E-state index in [9.17, 15) is 0 Å². The lowest BCUT2D eigenvalue weighted by molar-refractivity contribution is 1.55. The largest absolute Gasteiger partial charge is 0.0991 e. The molecule has 2 rings (SSSR count). The smallest absolute Gasteiger partial charge is 0.0111 e. The molecule has 0 heteroatoms. The van der Waals surface area contributed by atoms with Crippen molar-refractivity contribution in [2.45, 2.75) is 0 Å². The molecule has 0 aliphatic heterocycles. The van der Waals surface area contributed by atoms with Crippen LogP contribution in [0.3, 0.4) is 0 Å². The van der Waals surface area contributed by atoms with E-state index >= 15 is 0 Å². The number of hydrogen-bond donors (Lipinski definition) is 0. The lowest BCUT2D eigenvalue weighted by Crippen LogP contribution is -1.86. The standard InChI is InChI=1S/C26H24/c1-2-3-4-5-6-7-8-9-10-11-18-23-26(24-19-14-12-15-20-24)25-21-16-13-17-22-25/h2-23H,1H2. The van der Waals surface area contributed by atoms with Crippen molar-refractivity contribution in [1.82, 2.24) is 0 Å². The van der Waals surface area contributed by atoms with Gasteiger partial charge < -0.3 is 0 Å². The molecule has 0 fully saturated rings. The van der Waals surface area contributed by atoms with Crippen LogP contribution in [0.25, 0.3) is 5.57 Å². The normalized spacial score (nSPS) is 12.0. The van der Waals surface area contributed by atoms with Gasteiger partial charge in [-0.2, -0.15) is 0 Å². The number of hydrogen-bond acceptors (Lipinski definition) is 0. The van der Waals surface area contributed by atoms with E-state index in [1.165, 1.54) is 16.7 Å². The van der Waals surface area contributed by atoms with Crippen molar-refractivity contribution in [3.63, 3.8) is 0 Å². The topological polar surface area (TPSA) is 0 Å². The molecule has 0 nitrogen and oxygen atoms in total. The zero-order chi connectivity index (χ0) is 18.3. The molecule has 0 aliphatic carbocycles. The molecule has 2 aromatic rings. The molecule has 0 aliphatic rings. The van der Waals surface area contributed by atoms with E-state index in [1.54, 1.807) is 6.08 Å². The summed E-state index contributed by atoms with van der Waals surface area (Å²) in [6, 6.07) is 20.9. The Morgan fingerprint density at radius 1 is 0.500 bits per heavy atom. The third kappa shape index (κ3) is 7.02. The first-order chi connectivity index (χ1) is 12.9. The van der Waals surface area contributed by atoms with Crippen LogP contribution in [0.4, 0.5) is 0 Å². The van der Waals surface area contributed by atoms with Crippen LogP contribution in [0.1, 0.15) is 11.1 Å². The highest BCUT2D eigenvalue weighted by Crippen LogP contribution is 2.23. The Balaban J connectivity index is 2.04. The molecule has 0 amide bonds. The molecule has 0 saturated heterocycles. The summed E-state index contributed by atoms with van der Waals surface area (Å²) in [5.74, 6) is 0. The van der Waals surface area contributed by atoms with Gasteiger partial charge in [0.05, 0.1) is 0 Å². The maximum absolute atomic E-state index is 3.63. The van der Waals surface area contributed by atoms with Gasteiger partial charge in [-0.1, -0.05) is 140 Å². The monoisotopic (exact) mass is 336 g/mol. The van der Waals surface area contributed by atoms with Crippen LogP contribution in [0.15, 0.2) is 140 Å². The average Bonchev–Trinajstić information content (AvgIpc) is 2.70. The van der Waals surface area contributed by atoms with Gasteiger partial charge >= 0.3 is 0 Å². The number of benzene rings is 2. The van der Waals surface area contributed by atoms with Crippen LogP contribution in [0, 0.1) is 0 Å². The minimum atomic E-state index is 1.21. The van der Waals surface area contributed by atoms with Crippen molar-refractivity contribution >= 4 is 5.57 Å². The average molecular weight is 336 g/mol. The molecular weight excluding hydrogens is 312 g/mol. The summed E-state index contributed by atoms with van der Waals surface area (Å²) in [5, 5.41) is 0. The zero-order valence-electron chi connectivity index (χ0n) is 14.9. The Morgan fingerprint density at radius 2 is 0.885 bits per heavy atom. The second kappa shape index (κ2) is 12.0. The summed E-state index contributed by atoms with van der Waals surface area (Å²) >= 11 is 0. The number of rotatable bonds is 8. The fourth-order valence-electron chi connectivity index (χ4n) is 2.34. The molecule has 0 heterocycles. The van der Waals surface area contributed by atoms with E-state index in [2.05, 4.69) is 67.3 Å². The molecule has 0 radical (unpaired) electrons. The Morgan fingerprint density at radius 3 is 1.31 bits per heavy atom. The summed E-state index contributed by atoms with van der Waals surface area (Å²) in [6.45, 7) is 3.63. The fourth-order valence-corrected chi connectivity index (χ4v) is 2.34. The van der Waals surface area contributed by atoms with Crippen LogP contribution in [-0.4, -0.2) is 0 Å². The molecule has 2 aromatic carbocycles. The molecule has 128 valence electrons. The molecule has 0 atom stereocenters. The predicted octanol–water partition coefficient (Wildman–Crippen LogP) is 7.09. The van der Waals surface area contributed by atoms with Gasteiger partial charge in [0, 0.05) is 0 Å². The molecule has 0 bridgehead atoms. The highest BCUT2D eigenvalue weighted by molar-refractivity contribution is 5.80. The van der Waals surface area contributed by atoms with Crippen LogP contribution in [0.5, 0.6) is 0 Å². The van der Waals surface area contributed by atoms with Gasteiger partial charge in [0.2, 0.25) is 0 Å². The van der Waals surface area contributed by atoms with E-state index in [-0.39, 0.29) is 0 Å². The van der Waals surface area contributed by atoms with Gasteiger partial charge in [-0.05, 0) is 16.7 Å². The van der Waals surface area contributed by atoms with Crippen LogP contribution in [0.2, 0.25) is 0 Å². The summed E-state index contributed by atoms with van der Waals surface area (Å²) < 4.78 is 0. The van der Waals surface area contributed by atoms with E-state index < -0.39 is 0 Å². The van der Waals surface area contributed by atoms with Gasteiger partial charge in [0.1, 0.15) is 0 Å². The molecule has 0 aromatic heterocycles. The van der Waals surface area contributed by atoms with E-state index in [0.717, 1.165) is 0 Å². The SMILES string of the molecule is C=CC=CC=CC=CC=CC=CC=C(c1ccccc1)c1ccccc1. The van der Waals surface area contributed by atoms with Crippen molar-refractivity contribution < 1.29 is 0 Å². The minimum Gasteiger partial charge on any atom is -0.0991 e. The fraction of sp³-hybridized carbons (Fsp3) is 0. The van der Waals surface area contributed by atoms with Crippen LogP contribution in [-0.2, 0) is 0 Å². The van der Waals surface area contributed by atoms with Crippen LogP contribution < -0.4 is 0 Å². The van der Waals surface area contributed by atoms with Crippen molar-refractivity contribution in [3.8, 4) is 0 Å². The first kappa shape index (κ1) is 19.0. The highest BCUT2D eigenvalue weighted by Gasteiger charge is 2.02. The molecular formula is C26H24. The van der Waals surface area contributed by atoms with E-state index in [1.807, 2.05) is 66.8 Å². The number of allylic oxidation sites excluding steroid dienone is 12. The molecule has 26 heavy (non-hydrogen) atoms. The maximum atomic E-state index is 3.63. The minimum absolute atomic E-state index is 1.21. The lowest BCUT2D eigenvalue weighted by Gasteiger charge is -2.07. The lowest BCUT2D eigenvalue weighted by atomic mass is 9.97. The van der Waals surface area contributed by atoms with Gasteiger partial charge in [0.25, 0.3) is 0 Å². The molecule has 0 spiro atoms. The predicted molar refractivity (Wildman–Crippen MR) is 116 cm³/mol. The Bertz CT molecular complexity index is 785. The first-order valence-corrected chi connectivity index (χ1v) is 8.68. The Kier molecular flexibility index (Phi) is 8.78. The second-order valence-corrected chi connectivity index (χ2v) is 5.47. The van der Waals surface area contributed by atoms with Crippen molar-refractivity contribution in [2.75, 3.05) is 0 Å². The molecule has 0 N–H and O–H groups in total. The van der Waals surface area contributed by atoms with Crippen molar-refractivity contribution in [2.24, 2.45) is 0 Å². The van der Waals surface area contributed by atoms with Crippen LogP contribution >= 0.6 is 0 Å². The third-order valence-electron chi connectivity index (χ3n) is 3.57. The Hall–Kier alpha value is -3.38. The molecule has 0 saturated carbocycles. The molecule has 0 unspecified atom stereocenters. The van der Waals surface area contributed by atoms with E-state index in [4.69, 9.17) is 0 Å². The first-order valence-electron chi connectivity index (χ1n) is 8.68. The summed E-state index contributed by atoms with van der Waals surface area (Å²) in [6.07, 6.45) is 23.8. The highest BCUT2D eigenvalue weighted by atomic mass is 14.1. The quantitative estimate of drug-likeness (QED) is 0.452. The maximum Gasteiger partial charge on any atom is -0.0111 e. The van der Waals surface area contributed by atoms with Gasteiger partial charge in [-0.15, -0.1) is 0 Å². The summed E-state index contributed by atoms with van der Waals surface area (Å²) in [5.41, 5.74) is 3.64. The van der Waals surface area contributed by atoms with E-state index in [0.29, 0.717) is 0 Å².